The van der Waals surface area contributed by atoms with Crippen molar-refractivity contribution in [3.05, 3.63) is 23.2 Å². The van der Waals surface area contributed by atoms with Crippen molar-refractivity contribution < 1.29 is 4.74 Å². The van der Waals surface area contributed by atoms with Gasteiger partial charge in [0.1, 0.15) is 0 Å². The Bertz CT molecular complexity index is 389. The molecule has 0 saturated heterocycles. The van der Waals surface area contributed by atoms with Crippen LogP contribution in [-0.2, 0) is 4.74 Å². The van der Waals surface area contributed by atoms with Crippen LogP contribution in [0.2, 0.25) is 5.02 Å². The monoisotopic (exact) mass is 254 g/mol. The second-order valence-electron chi connectivity index (χ2n) is 4.73. The third-order valence-corrected chi connectivity index (χ3v) is 3.46. The van der Waals surface area contributed by atoms with Gasteiger partial charge in [-0.15, -0.1) is 0 Å². The Labute approximate surface area is 108 Å². The minimum Gasteiger partial charge on any atom is -0.381 e. The van der Waals surface area contributed by atoms with Crippen molar-refractivity contribution in [3.63, 3.8) is 0 Å². The van der Waals surface area contributed by atoms with E-state index in [0.717, 1.165) is 29.2 Å². The summed E-state index contributed by atoms with van der Waals surface area (Å²) in [5.74, 6) is 0. The number of hydrogen-bond acceptors (Lipinski definition) is 3. The maximum Gasteiger partial charge on any atom is 0.0610 e. The Balaban J connectivity index is 2.07. The molecular weight excluding hydrogens is 236 g/mol. The number of anilines is 2. The first-order valence-corrected chi connectivity index (χ1v) is 6.24. The third-order valence-electron chi connectivity index (χ3n) is 3.23. The van der Waals surface area contributed by atoms with Gasteiger partial charge in [-0.1, -0.05) is 11.6 Å². The lowest BCUT2D eigenvalue weighted by Crippen LogP contribution is -2.40. The van der Waals surface area contributed by atoms with E-state index in [2.05, 4.69) is 10.2 Å². The molecular formula is C13H19ClN2O. The second kappa shape index (κ2) is 5.15. The molecule has 3 nitrogen and oxygen atoms in total. The first-order valence-electron chi connectivity index (χ1n) is 5.86. The van der Waals surface area contributed by atoms with E-state index in [4.69, 9.17) is 16.3 Å². The topological polar surface area (TPSA) is 24.5 Å². The lowest BCUT2D eigenvalue weighted by molar-refractivity contribution is 0.0329. The Kier molecular flexibility index (Phi) is 3.79. The molecule has 2 rings (SSSR count). The van der Waals surface area contributed by atoms with Gasteiger partial charge in [-0.25, -0.2) is 0 Å². The Morgan fingerprint density at radius 3 is 2.65 bits per heavy atom. The first kappa shape index (κ1) is 12.5. The molecule has 1 fully saturated rings. The van der Waals surface area contributed by atoms with E-state index >= 15 is 0 Å². The van der Waals surface area contributed by atoms with Crippen molar-refractivity contribution in [2.75, 3.05) is 31.4 Å². The Morgan fingerprint density at radius 2 is 2.06 bits per heavy atom. The van der Waals surface area contributed by atoms with Crippen LogP contribution in [0.5, 0.6) is 0 Å². The second-order valence-corrected chi connectivity index (χ2v) is 5.16. The molecule has 0 unspecified atom stereocenters. The zero-order chi connectivity index (χ0) is 12.4. The average molecular weight is 255 g/mol. The molecule has 17 heavy (non-hydrogen) atoms. The molecule has 0 spiro atoms. The third kappa shape index (κ3) is 2.85. The maximum absolute atomic E-state index is 6.04. The lowest BCUT2D eigenvalue weighted by atomic mass is 9.89. The number of nitrogens with one attached hydrogen (secondary N) is 1. The fourth-order valence-electron chi connectivity index (χ4n) is 2.11. The highest BCUT2D eigenvalue weighted by Crippen LogP contribution is 2.32. The molecule has 0 aromatic heterocycles. The predicted octanol–water partition coefficient (Wildman–Crippen LogP) is 3.00. The highest BCUT2D eigenvalue weighted by atomic mass is 35.5. The predicted molar refractivity (Wildman–Crippen MR) is 73.2 cm³/mol. The zero-order valence-electron chi connectivity index (χ0n) is 10.5. The van der Waals surface area contributed by atoms with E-state index in [-0.39, 0.29) is 0 Å². The van der Waals surface area contributed by atoms with Gasteiger partial charge in [-0.2, -0.15) is 0 Å². The molecule has 1 aromatic carbocycles. The van der Waals surface area contributed by atoms with Gasteiger partial charge >= 0.3 is 0 Å². The summed E-state index contributed by atoms with van der Waals surface area (Å²) >= 11 is 6.04. The Hall–Kier alpha value is -0.930. The number of methoxy groups -OCH3 is 1. The standard InChI is InChI=1S/C13H19ClN2O/c1-16(2)13-5-4-9(14)6-12(13)15-10-7-11(8-10)17-3/h4-6,10-11,15H,7-8H2,1-3H3. The maximum atomic E-state index is 6.04. The van der Waals surface area contributed by atoms with Gasteiger partial charge in [0.2, 0.25) is 0 Å². The van der Waals surface area contributed by atoms with Crippen molar-refractivity contribution >= 4 is 23.0 Å². The fraction of sp³-hybridized carbons (Fsp3) is 0.538. The van der Waals surface area contributed by atoms with Crippen LogP contribution in [0.4, 0.5) is 11.4 Å². The number of hydrogen-bond donors (Lipinski definition) is 1. The van der Waals surface area contributed by atoms with E-state index in [0.29, 0.717) is 12.1 Å². The van der Waals surface area contributed by atoms with Crippen LogP contribution in [0.15, 0.2) is 18.2 Å². The minimum absolute atomic E-state index is 0.412. The van der Waals surface area contributed by atoms with Crippen LogP contribution in [0.1, 0.15) is 12.8 Å². The van der Waals surface area contributed by atoms with Crippen molar-refractivity contribution in [1.82, 2.24) is 0 Å². The summed E-state index contributed by atoms with van der Waals surface area (Å²) in [6.45, 7) is 0. The highest BCUT2D eigenvalue weighted by molar-refractivity contribution is 6.31. The van der Waals surface area contributed by atoms with Gasteiger partial charge in [-0.3, -0.25) is 0 Å². The number of ether oxygens (including phenoxy) is 1. The highest BCUT2D eigenvalue weighted by Gasteiger charge is 2.29. The summed E-state index contributed by atoms with van der Waals surface area (Å²) in [7, 11) is 5.84. The summed E-state index contributed by atoms with van der Waals surface area (Å²) in [4.78, 5) is 2.09. The van der Waals surface area contributed by atoms with Crippen molar-refractivity contribution in [2.24, 2.45) is 0 Å². The van der Waals surface area contributed by atoms with E-state index in [1.54, 1.807) is 7.11 Å². The largest absolute Gasteiger partial charge is 0.381 e. The van der Waals surface area contributed by atoms with Crippen molar-refractivity contribution in [2.45, 2.75) is 25.0 Å². The van der Waals surface area contributed by atoms with Crippen LogP contribution in [0, 0.1) is 0 Å². The van der Waals surface area contributed by atoms with Crippen LogP contribution in [-0.4, -0.2) is 33.4 Å². The molecule has 1 aliphatic rings. The van der Waals surface area contributed by atoms with Gasteiger partial charge in [-0.05, 0) is 31.0 Å². The van der Waals surface area contributed by atoms with Crippen molar-refractivity contribution in [3.8, 4) is 0 Å². The van der Waals surface area contributed by atoms with Gasteiger partial charge in [0, 0.05) is 32.3 Å². The molecule has 94 valence electrons. The normalized spacial score (nSPS) is 23.1. The van der Waals surface area contributed by atoms with Crippen LogP contribution in [0.25, 0.3) is 0 Å². The van der Waals surface area contributed by atoms with Crippen LogP contribution >= 0.6 is 11.6 Å². The van der Waals surface area contributed by atoms with Gasteiger partial charge in [0.05, 0.1) is 17.5 Å². The van der Waals surface area contributed by atoms with Crippen LogP contribution in [0.3, 0.4) is 0 Å². The van der Waals surface area contributed by atoms with E-state index < -0.39 is 0 Å². The van der Waals surface area contributed by atoms with E-state index in [9.17, 15) is 0 Å². The minimum atomic E-state index is 0.412. The van der Waals surface area contributed by atoms with Gasteiger partial charge in [0.15, 0.2) is 0 Å². The summed E-state index contributed by atoms with van der Waals surface area (Å²) in [5.41, 5.74) is 2.26. The molecule has 0 aliphatic heterocycles. The number of halogens is 1. The molecule has 0 atom stereocenters. The molecule has 0 amide bonds. The Morgan fingerprint density at radius 1 is 1.35 bits per heavy atom. The summed E-state index contributed by atoms with van der Waals surface area (Å²) < 4.78 is 5.28. The summed E-state index contributed by atoms with van der Waals surface area (Å²) in [5, 5.41) is 4.29. The number of rotatable bonds is 4. The molecule has 0 heterocycles. The van der Waals surface area contributed by atoms with Crippen LogP contribution < -0.4 is 10.2 Å². The molecule has 0 radical (unpaired) electrons. The lowest BCUT2D eigenvalue weighted by Gasteiger charge is -2.36. The first-order chi connectivity index (χ1) is 8.10. The molecule has 1 aliphatic carbocycles. The average Bonchev–Trinajstić information content (AvgIpc) is 2.22. The van der Waals surface area contributed by atoms with E-state index in [1.165, 1.54) is 0 Å². The molecule has 0 bridgehead atoms. The molecule has 1 saturated carbocycles. The number of nitrogens with zero attached hydrogens (tertiary/aromatic N) is 1. The molecule has 4 heteroatoms. The quantitative estimate of drug-likeness (QED) is 0.894. The van der Waals surface area contributed by atoms with Gasteiger partial charge in [0.25, 0.3) is 0 Å². The molecule has 1 aromatic rings. The zero-order valence-corrected chi connectivity index (χ0v) is 11.3. The SMILES string of the molecule is COC1CC(Nc2cc(Cl)ccc2N(C)C)C1. The fourth-order valence-corrected chi connectivity index (χ4v) is 2.28. The summed E-state index contributed by atoms with van der Waals surface area (Å²) in [6, 6.07) is 6.44. The summed E-state index contributed by atoms with van der Waals surface area (Å²) in [6.07, 6.45) is 2.54. The smallest absolute Gasteiger partial charge is 0.0610 e. The number of benzene rings is 1. The van der Waals surface area contributed by atoms with Crippen molar-refractivity contribution in [1.29, 1.82) is 0 Å². The molecule has 1 N–H and O–H groups in total. The van der Waals surface area contributed by atoms with E-state index in [1.807, 2.05) is 32.3 Å². The van der Waals surface area contributed by atoms with Gasteiger partial charge < -0.3 is 15.0 Å².